The number of pyridine rings is 2. The molecule has 7 heteroatoms. The summed E-state index contributed by atoms with van der Waals surface area (Å²) < 4.78 is 0.730. The first kappa shape index (κ1) is 18.8. The Morgan fingerprint density at radius 2 is 1.96 bits per heavy atom. The minimum Gasteiger partial charge on any atom is -0.397 e. The van der Waals surface area contributed by atoms with Crippen LogP contribution in [-0.4, -0.2) is 23.1 Å². The SMILES string of the molecule is C=C(Nc1cnccc1N1CCCCC1)c1nc(-c2ccc(Cl)s2)ccc1N. The second kappa shape index (κ2) is 8.20. The fraction of sp³-hybridized carbons (Fsp3) is 0.238. The zero-order valence-electron chi connectivity index (χ0n) is 15.5. The zero-order chi connectivity index (χ0) is 19.5. The molecule has 0 saturated carbocycles. The Hall–Kier alpha value is -2.57. The Bertz CT molecular complexity index is 994. The third-order valence-electron chi connectivity index (χ3n) is 4.82. The highest BCUT2D eigenvalue weighted by Gasteiger charge is 2.16. The van der Waals surface area contributed by atoms with E-state index in [4.69, 9.17) is 22.3 Å². The monoisotopic (exact) mass is 411 g/mol. The average Bonchev–Trinajstić information content (AvgIpc) is 3.15. The predicted octanol–water partition coefficient (Wildman–Crippen LogP) is 5.51. The van der Waals surface area contributed by atoms with E-state index in [1.54, 1.807) is 0 Å². The van der Waals surface area contributed by atoms with Gasteiger partial charge in [-0.3, -0.25) is 4.98 Å². The van der Waals surface area contributed by atoms with Gasteiger partial charge in [-0.15, -0.1) is 11.3 Å². The van der Waals surface area contributed by atoms with Crippen molar-refractivity contribution < 1.29 is 0 Å². The molecule has 1 saturated heterocycles. The van der Waals surface area contributed by atoms with Crippen LogP contribution in [0.5, 0.6) is 0 Å². The van der Waals surface area contributed by atoms with Crippen LogP contribution in [0.3, 0.4) is 0 Å². The minimum atomic E-state index is 0.576. The number of hydrogen-bond acceptors (Lipinski definition) is 6. The Kier molecular flexibility index (Phi) is 5.50. The maximum absolute atomic E-state index is 6.20. The Balaban J connectivity index is 1.61. The van der Waals surface area contributed by atoms with Crippen molar-refractivity contribution in [2.75, 3.05) is 29.0 Å². The topological polar surface area (TPSA) is 67.1 Å². The molecule has 0 aromatic carbocycles. The molecule has 144 valence electrons. The summed E-state index contributed by atoms with van der Waals surface area (Å²) in [5.41, 5.74) is 10.9. The lowest BCUT2D eigenvalue weighted by atomic mass is 10.1. The van der Waals surface area contributed by atoms with E-state index in [1.807, 2.05) is 42.7 Å². The molecule has 1 aliphatic rings. The molecule has 0 atom stereocenters. The van der Waals surface area contributed by atoms with Crippen molar-refractivity contribution in [3.63, 3.8) is 0 Å². The maximum atomic E-state index is 6.20. The van der Waals surface area contributed by atoms with E-state index in [0.29, 0.717) is 17.1 Å². The first-order valence-electron chi connectivity index (χ1n) is 9.29. The highest BCUT2D eigenvalue weighted by Crippen LogP contribution is 2.33. The molecule has 4 rings (SSSR count). The quantitative estimate of drug-likeness (QED) is 0.579. The fourth-order valence-corrected chi connectivity index (χ4v) is 4.43. The van der Waals surface area contributed by atoms with Gasteiger partial charge in [-0.2, -0.15) is 0 Å². The molecule has 0 aliphatic carbocycles. The van der Waals surface area contributed by atoms with Gasteiger partial charge in [0.1, 0.15) is 5.69 Å². The summed E-state index contributed by atoms with van der Waals surface area (Å²) in [6, 6.07) is 9.63. The highest BCUT2D eigenvalue weighted by molar-refractivity contribution is 7.19. The van der Waals surface area contributed by atoms with Gasteiger partial charge in [0.05, 0.1) is 43.9 Å². The molecule has 3 aromatic rings. The number of piperidine rings is 1. The number of nitrogen functional groups attached to an aromatic ring is 1. The van der Waals surface area contributed by atoms with Gasteiger partial charge in [0.25, 0.3) is 0 Å². The van der Waals surface area contributed by atoms with Crippen LogP contribution < -0.4 is 16.0 Å². The number of rotatable bonds is 5. The molecule has 0 radical (unpaired) electrons. The molecule has 3 aromatic heterocycles. The van der Waals surface area contributed by atoms with Crippen molar-refractivity contribution in [3.8, 4) is 10.6 Å². The molecule has 1 aliphatic heterocycles. The molecular formula is C21H22ClN5S. The first-order valence-corrected chi connectivity index (χ1v) is 10.5. The summed E-state index contributed by atoms with van der Waals surface area (Å²) in [5.74, 6) is 0. The van der Waals surface area contributed by atoms with Crippen molar-refractivity contribution >= 4 is 45.7 Å². The van der Waals surface area contributed by atoms with E-state index in [1.165, 1.54) is 30.6 Å². The van der Waals surface area contributed by atoms with Crippen molar-refractivity contribution in [3.05, 3.63) is 59.3 Å². The van der Waals surface area contributed by atoms with Crippen LogP contribution in [0.25, 0.3) is 16.3 Å². The fourth-order valence-electron chi connectivity index (χ4n) is 3.42. The van der Waals surface area contributed by atoms with Crippen LogP contribution in [-0.2, 0) is 0 Å². The minimum absolute atomic E-state index is 0.576. The van der Waals surface area contributed by atoms with E-state index >= 15 is 0 Å². The standard InChI is InChI=1S/C21H22ClN5S/c1-14(21-15(23)5-6-16(26-21)19-7-8-20(22)28-19)25-17-13-24-10-9-18(17)27-11-3-2-4-12-27/h5-10,13,25H,1-4,11-12,23H2. The van der Waals surface area contributed by atoms with Crippen LogP contribution in [0.15, 0.2) is 49.3 Å². The molecule has 3 N–H and O–H groups in total. The summed E-state index contributed by atoms with van der Waals surface area (Å²) in [6.07, 6.45) is 7.36. The molecule has 0 spiro atoms. The van der Waals surface area contributed by atoms with Crippen molar-refractivity contribution in [2.24, 2.45) is 0 Å². The third-order valence-corrected chi connectivity index (χ3v) is 6.07. The van der Waals surface area contributed by atoms with Crippen molar-refractivity contribution in [2.45, 2.75) is 19.3 Å². The summed E-state index contributed by atoms with van der Waals surface area (Å²) in [5, 5.41) is 3.39. The summed E-state index contributed by atoms with van der Waals surface area (Å²) in [4.78, 5) is 12.4. The summed E-state index contributed by atoms with van der Waals surface area (Å²) in [6.45, 7) is 6.30. The van der Waals surface area contributed by atoms with Gasteiger partial charge in [-0.1, -0.05) is 18.2 Å². The van der Waals surface area contributed by atoms with Gasteiger partial charge in [0, 0.05) is 19.3 Å². The lowest BCUT2D eigenvalue weighted by Crippen LogP contribution is -2.30. The smallest absolute Gasteiger partial charge is 0.109 e. The number of halogens is 1. The number of nitrogens with zero attached hydrogens (tertiary/aromatic N) is 3. The Morgan fingerprint density at radius 3 is 2.71 bits per heavy atom. The molecule has 28 heavy (non-hydrogen) atoms. The number of anilines is 3. The van der Waals surface area contributed by atoms with Gasteiger partial charge in [-0.25, -0.2) is 4.98 Å². The third kappa shape index (κ3) is 3.98. The lowest BCUT2D eigenvalue weighted by Gasteiger charge is -2.30. The highest BCUT2D eigenvalue weighted by atomic mass is 35.5. The lowest BCUT2D eigenvalue weighted by molar-refractivity contribution is 0.578. The number of nitrogens with two attached hydrogens (primary N) is 1. The summed E-state index contributed by atoms with van der Waals surface area (Å²) in [7, 11) is 0. The van der Waals surface area contributed by atoms with E-state index in [0.717, 1.165) is 39.4 Å². The normalized spacial score (nSPS) is 14.1. The Morgan fingerprint density at radius 1 is 1.14 bits per heavy atom. The molecule has 4 heterocycles. The average molecular weight is 412 g/mol. The molecule has 0 unspecified atom stereocenters. The Labute approximate surface area is 173 Å². The first-order chi connectivity index (χ1) is 13.6. The molecule has 0 bridgehead atoms. The van der Waals surface area contributed by atoms with Gasteiger partial charge in [-0.05, 0) is 49.6 Å². The van der Waals surface area contributed by atoms with E-state index in [9.17, 15) is 0 Å². The van der Waals surface area contributed by atoms with Crippen LogP contribution >= 0.6 is 22.9 Å². The van der Waals surface area contributed by atoms with E-state index in [-0.39, 0.29) is 0 Å². The predicted molar refractivity (Wildman–Crippen MR) is 120 cm³/mol. The number of nitrogens with one attached hydrogen (secondary N) is 1. The second-order valence-electron chi connectivity index (χ2n) is 6.78. The summed E-state index contributed by atoms with van der Waals surface area (Å²) >= 11 is 7.55. The van der Waals surface area contributed by atoms with Crippen molar-refractivity contribution in [1.82, 2.24) is 9.97 Å². The van der Waals surface area contributed by atoms with Crippen LogP contribution in [0, 0.1) is 0 Å². The van der Waals surface area contributed by atoms with Crippen LogP contribution in [0.2, 0.25) is 4.34 Å². The van der Waals surface area contributed by atoms with Gasteiger partial charge in [0.15, 0.2) is 0 Å². The molecule has 1 fully saturated rings. The molecule has 5 nitrogen and oxygen atoms in total. The molecule has 0 amide bonds. The number of aromatic nitrogens is 2. The van der Waals surface area contributed by atoms with Gasteiger partial charge >= 0.3 is 0 Å². The van der Waals surface area contributed by atoms with Crippen LogP contribution in [0.1, 0.15) is 25.0 Å². The van der Waals surface area contributed by atoms with Crippen molar-refractivity contribution in [1.29, 1.82) is 0 Å². The van der Waals surface area contributed by atoms with E-state index in [2.05, 4.69) is 21.8 Å². The number of hydrogen-bond donors (Lipinski definition) is 2. The molecular weight excluding hydrogens is 390 g/mol. The number of thiophene rings is 1. The van der Waals surface area contributed by atoms with Gasteiger partial charge in [0.2, 0.25) is 0 Å². The maximum Gasteiger partial charge on any atom is 0.109 e. The largest absolute Gasteiger partial charge is 0.397 e. The second-order valence-corrected chi connectivity index (χ2v) is 8.50. The van der Waals surface area contributed by atoms with Gasteiger partial charge < -0.3 is 16.0 Å². The van der Waals surface area contributed by atoms with E-state index < -0.39 is 0 Å². The zero-order valence-corrected chi connectivity index (χ0v) is 17.1. The van der Waals surface area contributed by atoms with Crippen LogP contribution in [0.4, 0.5) is 17.1 Å².